The van der Waals surface area contributed by atoms with Crippen LogP contribution in [0.4, 0.5) is 0 Å². The van der Waals surface area contributed by atoms with Crippen LogP contribution in [0.1, 0.15) is 27.2 Å². The number of hydrogen-bond donors (Lipinski definition) is 2. The van der Waals surface area contributed by atoms with Gasteiger partial charge in [0.25, 0.3) is 0 Å². The summed E-state index contributed by atoms with van der Waals surface area (Å²) in [4.78, 5) is 0. The molecule has 1 unspecified atom stereocenters. The second-order valence-corrected chi connectivity index (χ2v) is 5.25. The fraction of sp³-hybridized carbons (Fsp3) is 1.00. The number of hydrogen-bond acceptors (Lipinski definition) is 3. The molecule has 0 aromatic heterocycles. The third-order valence-corrected chi connectivity index (χ3v) is 2.45. The summed E-state index contributed by atoms with van der Waals surface area (Å²) in [7, 11) is 0. The van der Waals surface area contributed by atoms with Crippen molar-refractivity contribution in [3.05, 3.63) is 0 Å². The van der Waals surface area contributed by atoms with E-state index in [0.29, 0.717) is 12.5 Å². The molecule has 3 heteroatoms. The minimum atomic E-state index is -0.549. The highest BCUT2D eigenvalue weighted by atomic mass is 32.2. The third kappa shape index (κ3) is 8.60. The van der Waals surface area contributed by atoms with Crippen molar-refractivity contribution in [2.75, 3.05) is 25.1 Å². The Labute approximate surface area is 86.5 Å². The molecule has 0 aromatic carbocycles. The number of rotatable bonds is 7. The Bertz CT molecular complexity index is 126. The van der Waals surface area contributed by atoms with E-state index in [0.717, 1.165) is 18.7 Å². The largest absolute Gasteiger partial charge is 0.389 e. The minimum Gasteiger partial charge on any atom is -0.389 e. The van der Waals surface area contributed by atoms with E-state index in [1.807, 2.05) is 18.7 Å². The second kappa shape index (κ2) is 6.68. The van der Waals surface area contributed by atoms with Crippen molar-refractivity contribution in [2.45, 2.75) is 32.8 Å². The van der Waals surface area contributed by atoms with Crippen LogP contribution in [0.3, 0.4) is 0 Å². The van der Waals surface area contributed by atoms with Gasteiger partial charge in [-0.15, -0.1) is 0 Å². The molecule has 0 radical (unpaired) electrons. The van der Waals surface area contributed by atoms with E-state index in [1.165, 1.54) is 0 Å². The predicted octanol–water partition coefficient (Wildman–Crippen LogP) is 1.74. The van der Waals surface area contributed by atoms with Gasteiger partial charge in [0.1, 0.15) is 0 Å². The van der Waals surface area contributed by atoms with Crippen LogP contribution in [-0.2, 0) is 0 Å². The van der Waals surface area contributed by atoms with E-state index in [9.17, 15) is 5.11 Å². The lowest BCUT2D eigenvalue weighted by Gasteiger charge is -2.25. The second-order valence-electron chi connectivity index (χ2n) is 4.26. The van der Waals surface area contributed by atoms with Crippen LogP contribution < -0.4 is 5.32 Å². The monoisotopic (exact) mass is 205 g/mol. The lowest BCUT2D eigenvalue weighted by Crippen LogP contribution is -2.39. The van der Waals surface area contributed by atoms with Crippen molar-refractivity contribution >= 4 is 11.8 Å². The molecule has 0 saturated heterocycles. The molecule has 0 bridgehead atoms. The summed E-state index contributed by atoms with van der Waals surface area (Å²) in [6.07, 6.45) is 2.95. The minimum absolute atomic E-state index is 0.549. The molecule has 0 saturated carbocycles. The van der Waals surface area contributed by atoms with Gasteiger partial charge < -0.3 is 10.4 Å². The van der Waals surface area contributed by atoms with Crippen molar-refractivity contribution in [3.63, 3.8) is 0 Å². The first-order chi connectivity index (χ1) is 5.98. The van der Waals surface area contributed by atoms with Gasteiger partial charge in [0.05, 0.1) is 5.60 Å². The van der Waals surface area contributed by atoms with Crippen molar-refractivity contribution in [3.8, 4) is 0 Å². The van der Waals surface area contributed by atoms with E-state index >= 15 is 0 Å². The first kappa shape index (κ1) is 13.3. The van der Waals surface area contributed by atoms with Gasteiger partial charge in [-0.1, -0.05) is 13.8 Å². The Balaban J connectivity index is 3.50. The zero-order valence-electron chi connectivity index (χ0n) is 9.26. The van der Waals surface area contributed by atoms with E-state index in [2.05, 4.69) is 25.4 Å². The lowest BCUT2D eigenvalue weighted by molar-refractivity contribution is 0.0392. The molecular formula is C10H23NOS. The molecule has 0 fully saturated rings. The van der Waals surface area contributed by atoms with Gasteiger partial charge in [-0.25, -0.2) is 0 Å². The molecule has 0 heterocycles. The predicted molar refractivity (Wildman–Crippen MR) is 61.3 cm³/mol. The normalized spacial score (nSPS) is 16.2. The summed E-state index contributed by atoms with van der Waals surface area (Å²) in [5.74, 6) is 1.66. The van der Waals surface area contributed by atoms with E-state index in [4.69, 9.17) is 0 Å². The quantitative estimate of drug-likeness (QED) is 0.621. The fourth-order valence-electron chi connectivity index (χ4n) is 1.48. The van der Waals surface area contributed by atoms with Gasteiger partial charge in [-0.05, 0) is 25.5 Å². The molecule has 0 rings (SSSR count). The van der Waals surface area contributed by atoms with Crippen LogP contribution >= 0.6 is 11.8 Å². The van der Waals surface area contributed by atoms with Gasteiger partial charge in [0.2, 0.25) is 0 Å². The SMILES string of the molecule is CSCCNCC(C)(O)CC(C)C. The van der Waals surface area contributed by atoms with Crippen molar-refractivity contribution < 1.29 is 5.11 Å². The summed E-state index contributed by atoms with van der Waals surface area (Å²) in [5.41, 5.74) is -0.549. The molecule has 0 aliphatic rings. The molecule has 1 atom stereocenters. The summed E-state index contributed by atoms with van der Waals surface area (Å²) < 4.78 is 0. The molecule has 0 aromatic rings. The fourth-order valence-corrected chi connectivity index (χ4v) is 1.83. The topological polar surface area (TPSA) is 32.3 Å². The van der Waals surface area contributed by atoms with E-state index in [-0.39, 0.29) is 0 Å². The summed E-state index contributed by atoms with van der Waals surface area (Å²) >= 11 is 1.82. The number of thioether (sulfide) groups is 1. The van der Waals surface area contributed by atoms with E-state index < -0.39 is 5.60 Å². The Morgan fingerprint density at radius 1 is 1.46 bits per heavy atom. The molecule has 2 nitrogen and oxygen atoms in total. The first-order valence-electron chi connectivity index (χ1n) is 4.90. The van der Waals surface area contributed by atoms with Crippen LogP contribution in [0.2, 0.25) is 0 Å². The van der Waals surface area contributed by atoms with Crippen LogP contribution in [-0.4, -0.2) is 35.8 Å². The maximum atomic E-state index is 9.91. The summed E-state index contributed by atoms with van der Waals surface area (Å²) in [5, 5.41) is 13.2. The molecule has 0 amide bonds. The Kier molecular flexibility index (Phi) is 6.82. The van der Waals surface area contributed by atoms with Gasteiger partial charge in [-0.2, -0.15) is 11.8 Å². The van der Waals surface area contributed by atoms with Gasteiger partial charge in [0.15, 0.2) is 0 Å². The highest BCUT2D eigenvalue weighted by molar-refractivity contribution is 7.98. The molecule has 80 valence electrons. The first-order valence-corrected chi connectivity index (χ1v) is 6.29. The van der Waals surface area contributed by atoms with Gasteiger partial charge >= 0.3 is 0 Å². The Morgan fingerprint density at radius 3 is 2.54 bits per heavy atom. The van der Waals surface area contributed by atoms with Crippen LogP contribution in [0.25, 0.3) is 0 Å². The average Bonchev–Trinajstić information content (AvgIpc) is 1.95. The Morgan fingerprint density at radius 2 is 2.08 bits per heavy atom. The maximum absolute atomic E-state index is 9.91. The van der Waals surface area contributed by atoms with Gasteiger partial charge in [-0.3, -0.25) is 0 Å². The van der Waals surface area contributed by atoms with Crippen molar-refractivity contribution in [1.82, 2.24) is 5.32 Å². The molecule has 2 N–H and O–H groups in total. The smallest absolute Gasteiger partial charge is 0.0746 e. The standard InChI is InChI=1S/C10H23NOS/c1-9(2)7-10(3,12)8-11-5-6-13-4/h9,11-12H,5-8H2,1-4H3. The van der Waals surface area contributed by atoms with Crippen molar-refractivity contribution in [2.24, 2.45) is 5.92 Å². The molecule has 13 heavy (non-hydrogen) atoms. The molecule has 0 aliphatic heterocycles. The number of aliphatic hydroxyl groups is 1. The Hall–Kier alpha value is 0.270. The van der Waals surface area contributed by atoms with Crippen molar-refractivity contribution in [1.29, 1.82) is 0 Å². The molecule has 0 spiro atoms. The highest BCUT2D eigenvalue weighted by Gasteiger charge is 2.20. The number of nitrogens with one attached hydrogen (secondary N) is 1. The zero-order valence-corrected chi connectivity index (χ0v) is 10.1. The maximum Gasteiger partial charge on any atom is 0.0746 e. The summed E-state index contributed by atoms with van der Waals surface area (Å²) in [6, 6.07) is 0. The van der Waals surface area contributed by atoms with E-state index in [1.54, 1.807) is 0 Å². The average molecular weight is 205 g/mol. The summed E-state index contributed by atoms with van der Waals surface area (Å²) in [6.45, 7) is 7.85. The lowest BCUT2D eigenvalue weighted by atomic mass is 9.94. The van der Waals surface area contributed by atoms with Gasteiger partial charge in [0, 0.05) is 18.8 Å². The molecular weight excluding hydrogens is 182 g/mol. The highest BCUT2D eigenvalue weighted by Crippen LogP contribution is 2.14. The molecule has 0 aliphatic carbocycles. The van der Waals surface area contributed by atoms with Crippen LogP contribution in [0, 0.1) is 5.92 Å². The zero-order chi connectivity index (χ0) is 10.3. The van der Waals surface area contributed by atoms with Crippen LogP contribution in [0.15, 0.2) is 0 Å². The third-order valence-electron chi connectivity index (χ3n) is 1.84. The van der Waals surface area contributed by atoms with Crippen LogP contribution in [0.5, 0.6) is 0 Å².